The highest BCUT2D eigenvalue weighted by atomic mass is 16.2. The van der Waals surface area contributed by atoms with Crippen molar-refractivity contribution < 1.29 is 9.59 Å². The molecule has 1 saturated heterocycles. The Balaban J connectivity index is 0.00000145. The maximum absolute atomic E-state index is 12.5. The van der Waals surface area contributed by atoms with Crippen molar-refractivity contribution in [1.82, 2.24) is 10.2 Å². The molecule has 4 heteroatoms. The second-order valence-electron chi connectivity index (χ2n) is 7.59. The molecule has 0 radical (unpaired) electrons. The molecule has 0 saturated carbocycles. The van der Waals surface area contributed by atoms with E-state index in [0.717, 1.165) is 32.2 Å². The van der Waals surface area contributed by atoms with Crippen LogP contribution in [0.5, 0.6) is 0 Å². The van der Waals surface area contributed by atoms with E-state index in [9.17, 15) is 9.59 Å². The topological polar surface area (TPSA) is 49.4 Å². The van der Waals surface area contributed by atoms with Gasteiger partial charge in [0.1, 0.15) is 0 Å². The third-order valence-corrected chi connectivity index (χ3v) is 5.38. The lowest BCUT2D eigenvalue weighted by molar-refractivity contribution is -0.133. The van der Waals surface area contributed by atoms with Gasteiger partial charge >= 0.3 is 0 Å². The van der Waals surface area contributed by atoms with Gasteiger partial charge in [-0.05, 0) is 55.7 Å². The summed E-state index contributed by atoms with van der Waals surface area (Å²) in [6, 6.07) is 0. The van der Waals surface area contributed by atoms with Crippen molar-refractivity contribution in [3.05, 3.63) is 58.7 Å². The van der Waals surface area contributed by atoms with Gasteiger partial charge in [-0.3, -0.25) is 9.59 Å². The Kier molecular flexibility index (Phi) is 9.69. The van der Waals surface area contributed by atoms with Crippen LogP contribution in [0.1, 0.15) is 65.7 Å². The fourth-order valence-electron chi connectivity index (χ4n) is 3.79. The molecule has 4 nitrogen and oxygen atoms in total. The van der Waals surface area contributed by atoms with Gasteiger partial charge in [0.2, 0.25) is 11.8 Å². The summed E-state index contributed by atoms with van der Waals surface area (Å²) in [5.74, 6) is 0.0245. The number of hydrogen-bond acceptors (Lipinski definition) is 2. The minimum Gasteiger partial charge on any atom is -0.352 e. The van der Waals surface area contributed by atoms with Gasteiger partial charge in [0, 0.05) is 32.5 Å². The average Bonchev–Trinajstić information content (AvgIpc) is 3.11. The number of nitrogens with one attached hydrogen (secondary N) is 1. The smallest absolute Gasteiger partial charge is 0.223 e. The van der Waals surface area contributed by atoms with Crippen LogP contribution in [-0.4, -0.2) is 36.3 Å². The minimum absolute atomic E-state index is 0.0474. The molecular formula is C25H36N2O2. The summed E-state index contributed by atoms with van der Waals surface area (Å²) >= 11 is 0. The SMILES string of the molecule is CC.CC1=CC(CNC(=O)CCC(=O)N2CCC3=CCC=CC=C3C2)=CCCC1. The average molecular weight is 397 g/mol. The molecule has 1 fully saturated rings. The van der Waals surface area contributed by atoms with Crippen molar-refractivity contribution in [2.75, 3.05) is 19.6 Å². The van der Waals surface area contributed by atoms with E-state index in [0.29, 0.717) is 13.1 Å². The first-order valence-electron chi connectivity index (χ1n) is 11.1. The van der Waals surface area contributed by atoms with Crippen LogP contribution in [0.15, 0.2) is 58.7 Å². The Bertz CT molecular complexity index is 738. The first kappa shape index (κ1) is 22.9. The first-order valence-corrected chi connectivity index (χ1v) is 11.1. The van der Waals surface area contributed by atoms with E-state index in [2.05, 4.69) is 48.7 Å². The Morgan fingerprint density at radius 2 is 1.93 bits per heavy atom. The largest absolute Gasteiger partial charge is 0.352 e. The molecule has 1 heterocycles. The highest BCUT2D eigenvalue weighted by Gasteiger charge is 2.22. The molecule has 0 spiro atoms. The molecule has 0 bridgehead atoms. The van der Waals surface area contributed by atoms with E-state index < -0.39 is 0 Å². The van der Waals surface area contributed by atoms with E-state index in [1.54, 1.807) is 0 Å². The van der Waals surface area contributed by atoms with E-state index in [1.807, 2.05) is 18.7 Å². The molecule has 29 heavy (non-hydrogen) atoms. The third kappa shape index (κ3) is 7.52. The fourth-order valence-corrected chi connectivity index (χ4v) is 3.79. The molecule has 0 aromatic rings. The minimum atomic E-state index is -0.0474. The van der Waals surface area contributed by atoms with E-state index in [1.165, 1.54) is 28.7 Å². The molecule has 0 aromatic carbocycles. The molecule has 1 aliphatic heterocycles. The second kappa shape index (κ2) is 12.3. The van der Waals surface area contributed by atoms with Crippen molar-refractivity contribution >= 4 is 11.8 Å². The Morgan fingerprint density at radius 1 is 1.10 bits per heavy atom. The highest BCUT2D eigenvalue weighted by molar-refractivity contribution is 5.84. The molecule has 0 aromatic heterocycles. The lowest BCUT2D eigenvalue weighted by Crippen LogP contribution is -2.38. The Hall–Kier alpha value is -2.36. The molecule has 3 rings (SSSR count). The van der Waals surface area contributed by atoms with Gasteiger partial charge in [0.05, 0.1) is 0 Å². The van der Waals surface area contributed by atoms with Crippen LogP contribution in [0.25, 0.3) is 0 Å². The fraction of sp³-hybridized carbons (Fsp3) is 0.520. The summed E-state index contributed by atoms with van der Waals surface area (Å²) in [6.07, 6.45) is 18.7. The molecule has 0 unspecified atom stereocenters. The maximum Gasteiger partial charge on any atom is 0.223 e. The van der Waals surface area contributed by atoms with Crippen LogP contribution >= 0.6 is 0 Å². The van der Waals surface area contributed by atoms with Gasteiger partial charge in [-0.15, -0.1) is 0 Å². The quantitative estimate of drug-likeness (QED) is 0.710. The van der Waals surface area contributed by atoms with Crippen molar-refractivity contribution in [3.8, 4) is 0 Å². The van der Waals surface area contributed by atoms with Gasteiger partial charge < -0.3 is 10.2 Å². The predicted molar refractivity (Wildman–Crippen MR) is 120 cm³/mol. The van der Waals surface area contributed by atoms with Crippen LogP contribution in [0.4, 0.5) is 0 Å². The van der Waals surface area contributed by atoms with Gasteiger partial charge in [-0.25, -0.2) is 0 Å². The number of amides is 2. The van der Waals surface area contributed by atoms with Gasteiger partial charge in [0.25, 0.3) is 0 Å². The number of carbonyl (C=O) groups is 2. The lowest BCUT2D eigenvalue weighted by atomic mass is 9.97. The summed E-state index contributed by atoms with van der Waals surface area (Å²) in [5, 5.41) is 2.96. The highest BCUT2D eigenvalue weighted by Crippen LogP contribution is 2.25. The van der Waals surface area contributed by atoms with Crippen molar-refractivity contribution in [2.24, 2.45) is 0 Å². The first-order chi connectivity index (χ1) is 14.1. The van der Waals surface area contributed by atoms with Gasteiger partial charge in [0.15, 0.2) is 0 Å². The van der Waals surface area contributed by atoms with Crippen LogP contribution in [0, 0.1) is 0 Å². The van der Waals surface area contributed by atoms with Crippen LogP contribution in [0.2, 0.25) is 0 Å². The van der Waals surface area contributed by atoms with Crippen molar-refractivity contribution in [3.63, 3.8) is 0 Å². The molecule has 3 aliphatic rings. The normalized spacial score (nSPS) is 18.5. The van der Waals surface area contributed by atoms with Crippen LogP contribution in [-0.2, 0) is 9.59 Å². The molecule has 158 valence electrons. The zero-order valence-electron chi connectivity index (χ0n) is 18.3. The monoisotopic (exact) mass is 396 g/mol. The number of hydrogen-bond donors (Lipinski definition) is 1. The van der Waals surface area contributed by atoms with Gasteiger partial charge in [-0.1, -0.05) is 55.9 Å². The third-order valence-electron chi connectivity index (χ3n) is 5.38. The number of allylic oxidation sites excluding steroid dienone is 6. The number of likely N-dealkylation sites (tertiary alicyclic amines) is 1. The summed E-state index contributed by atoms with van der Waals surface area (Å²) in [4.78, 5) is 26.6. The number of fused-ring (bicyclic) bond motifs is 1. The summed E-state index contributed by atoms with van der Waals surface area (Å²) in [5.41, 5.74) is 5.13. The van der Waals surface area contributed by atoms with Crippen LogP contribution < -0.4 is 5.32 Å². The zero-order valence-corrected chi connectivity index (χ0v) is 18.3. The summed E-state index contributed by atoms with van der Waals surface area (Å²) in [6.45, 7) is 8.11. The predicted octanol–water partition coefficient (Wildman–Crippen LogP) is 5.01. The number of carbonyl (C=O) groups excluding carboxylic acids is 2. The maximum atomic E-state index is 12.5. The van der Waals surface area contributed by atoms with Crippen molar-refractivity contribution in [2.45, 2.75) is 65.7 Å². The van der Waals surface area contributed by atoms with E-state index in [4.69, 9.17) is 0 Å². The number of rotatable bonds is 5. The Labute approximate surface area is 176 Å². The second-order valence-corrected chi connectivity index (χ2v) is 7.59. The molecular weight excluding hydrogens is 360 g/mol. The summed E-state index contributed by atoms with van der Waals surface area (Å²) < 4.78 is 0. The van der Waals surface area contributed by atoms with Crippen molar-refractivity contribution in [1.29, 1.82) is 0 Å². The zero-order chi connectivity index (χ0) is 21.1. The summed E-state index contributed by atoms with van der Waals surface area (Å²) in [7, 11) is 0. The Morgan fingerprint density at radius 3 is 2.76 bits per heavy atom. The standard InChI is InChI=1S/C23H30N2O2.C2H6/c1-18-7-5-6-8-19(15-18)16-24-22(26)11-12-23(27)25-14-13-20-9-3-2-4-10-21(20)17-25;1-2/h2,4,8-10,15H,3,5-7,11-14,16-17H2,1H3,(H,24,26);1-2H3. The van der Waals surface area contributed by atoms with Gasteiger partial charge in [-0.2, -0.15) is 0 Å². The molecule has 2 aliphatic carbocycles. The number of nitrogens with zero attached hydrogens (tertiary/aromatic N) is 1. The molecule has 2 amide bonds. The van der Waals surface area contributed by atoms with E-state index in [-0.39, 0.29) is 24.7 Å². The molecule has 0 atom stereocenters. The van der Waals surface area contributed by atoms with Crippen LogP contribution in [0.3, 0.4) is 0 Å². The van der Waals surface area contributed by atoms with E-state index >= 15 is 0 Å². The molecule has 1 N–H and O–H groups in total. The number of piperidine rings is 1. The lowest BCUT2D eigenvalue weighted by Gasteiger charge is -2.30.